The highest BCUT2D eigenvalue weighted by Gasteiger charge is 2.34. The molecule has 0 aromatic carbocycles. The van der Waals surface area contributed by atoms with Gasteiger partial charge >= 0.3 is 0 Å². The van der Waals surface area contributed by atoms with Gasteiger partial charge in [0.2, 0.25) is 5.91 Å². The molecule has 1 aromatic heterocycles. The van der Waals surface area contributed by atoms with Gasteiger partial charge in [-0.05, 0) is 61.6 Å². The molecule has 3 N–H and O–H groups in total. The number of pyridine rings is 1. The van der Waals surface area contributed by atoms with Crippen molar-refractivity contribution in [2.24, 2.45) is 17.8 Å². The average molecular weight is 344 g/mol. The lowest BCUT2D eigenvalue weighted by Crippen LogP contribution is -2.32. The summed E-state index contributed by atoms with van der Waals surface area (Å²) in [7, 11) is 0. The normalized spacial score (nSPS) is 26.1. The van der Waals surface area contributed by atoms with Crippen molar-refractivity contribution in [1.82, 2.24) is 10.3 Å². The fourth-order valence-corrected chi connectivity index (χ4v) is 5.18. The fraction of sp³-hybridized carbons (Fsp3) is 0.714. The van der Waals surface area contributed by atoms with Crippen LogP contribution >= 0.6 is 0 Å². The third-order valence-electron chi connectivity index (χ3n) is 6.50. The van der Waals surface area contributed by atoms with E-state index in [2.05, 4.69) is 10.3 Å². The van der Waals surface area contributed by atoms with Crippen LogP contribution in [-0.4, -0.2) is 10.9 Å². The van der Waals surface area contributed by atoms with E-state index in [9.17, 15) is 4.79 Å². The number of nitrogen functional groups attached to an aromatic ring is 1. The molecule has 138 valence electrons. The predicted octanol–water partition coefficient (Wildman–Crippen LogP) is 4.28. The summed E-state index contributed by atoms with van der Waals surface area (Å²) in [5.74, 6) is 3.33. The minimum atomic E-state index is 0.175. The van der Waals surface area contributed by atoms with Crippen LogP contribution < -0.4 is 11.1 Å². The van der Waals surface area contributed by atoms with Gasteiger partial charge in [0, 0.05) is 18.7 Å². The van der Waals surface area contributed by atoms with Gasteiger partial charge in [0.1, 0.15) is 5.82 Å². The van der Waals surface area contributed by atoms with Crippen LogP contribution in [0.3, 0.4) is 0 Å². The number of aryl methyl sites for hydroxylation is 2. The number of carbonyl (C=O) groups excluding carboxylic acids is 1. The molecule has 25 heavy (non-hydrogen) atoms. The third-order valence-corrected chi connectivity index (χ3v) is 6.50. The third kappa shape index (κ3) is 4.53. The molecule has 0 bridgehead atoms. The quantitative estimate of drug-likeness (QED) is 0.838. The van der Waals surface area contributed by atoms with Crippen LogP contribution in [-0.2, 0) is 11.3 Å². The Kier molecular flexibility index (Phi) is 5.98. The van der Waals surface area contributed by atoms with E-state index in [1.165, 1.54) is 44.9 Å². The monoisotopic (exact) mass is 343 g/mol. The second-order valence-corrected chi connectivity index (χ2v) is 8.14. The van der Waals surface area contributed by atoms with Crippen molar-refractivity contribution in [2.75, 3.05) is 5.73 Å². The van der Waals surface area contributed by atoms with Crippen molar-refractivity contribution in [3.8, 4) is 0 Å². The van der Waals surface area contributed by atoms with Crippen LogP contribution in [0.1, 0.15) is 74.6 Å². The van der Waals surface area contributed by atoms with Gasteiger partial charge in [0.25, 0.3) is 0 Å². The van der Waals surface area contributed by atoms with E-state index in [1.54, 1.807) is 0 Å². The molecule has 1 heterocycles. The van der Waals surface area contributed by atoms with Gasteiger partial charge in [0.05, 0.1) is 0 Å². The Bertz CT molecular complexity index is 588. The molecule has 2 aliphatic carbocycles. The van der Waals surface area contributed by atoms with E-state index in [4.69, 9.17) is 5.73 Å². The standard InChI is InChI=1S/C21H33N3O/c1-14-12-20(22)24-15(2)19(14)13-23-21(25)11-10-17-8-5-7-16-6-3-4-9-18(16)17/h12,16-18H,3-11,13H2,1-2H3,(H2,22,24)(H,23,25)/t16?,17?,18-/m1/s1. The van der Waals surface area contributed by atoms with Gasteiger partial charge in [0.15, 0.2) is 0 Å². The molecular formula is C21H33N3O. The molecule has 0 aliphatic heterocycles. The molecule has 3 rings (SSSR count). The number of hydrogen-bond donors (Lipinski definition) is 2. The second-order valence-electron chi connectivity index (χ2n) is 8.14. The zero-order valence-electron chi connectivity index (χ0n) is 15.8. The van der Waals surface area contributed by atoms with Crippen molar-refractivity contribution in [1.29, 1.82) is 0 Å². The molecule has 4 heteroatoms. The van der Waals surface area contributed by atoms with Gasteiger partial charge in [-0.15, -0.1) is 0 Å². The Morgan fingerprint density at radius 2 is 1.96 bits per heavy atom. The summed E-state index contributed by atoms with van der Waals surface area (Å²) >= 11 is 0. The summed E-state index contributed by atoms with van der Waals surface area (Å²) in [6.45, 7) is 4.54. The maximum atomic E-state index is 12.4. The van der Waals surface area contributed by atoms with Crippen molar-refractivity contribution in [2.45, 2.75) is 78.2 Å². The summed E-state index contributed by atoms with van der Waals surface area (Å²) in [5.41, 5.74) is 8.87. The lowest BCUT2D eigenvalue weighted by molar-refractivity contribution is -0.121. The molecule has 1 amide bonds. The van der Waals surface area contributed by atoms with Gasteiger partial charge in [-0.25, -0.2) is 4.98 Å². The van der Waals surface area contributed by atoms with E-state index in [0.29, 0.717) is 18.8 Å². The zero-order chi connectivity index (χ0) is 17.8. The van der Waals surface area contributed by atoms with Gasteiger partial charge in [-0.3, -0.25) is 4.79 Å². The largest absolute Gasteiger partial charge is 0.384 e. The number of nitrogens with zero attached hydrogens (tertiary/aromatic N) is 1. The Labute approximate surface area is 152 Å². The first-order valence-electron chi connectivity index (χ1n) is 10.0. The molecule has 0 spiro atoms. The van der Waals surface area contributed by atoms with Gasteiger partial charge < -0.3 is 11.1 Å². The van der Waals surface area contributed by atoms with Gasteiger partial charge in [-0.1, -0.05) is 38.5 Å². The summed E-state index contributed by atoms with van der Waals surface area (Å²) < 4.78 is 0. The van der Waals surface area contributed by atoms with E-state index < -0.39 is 0 Å². The first-order valence-corrected chi connectivity index (χ1v) is 10.0. The van der Waals surface area contributed by atoms with Crippen molar-refractivity contribution < 1.29 is 4.79 Å². The number of rotatable bonds is 5. The Hall–Kier alpha value is -1.58. The predicted molar refractivity (Wildman–Crippen MR) is 102 cm³/mol. The second kappa shape index (κ2) is 8.20. The minimum Gasteiger partial charge on any atom is -0.384 e. The molecule has 2 aliphatic rings. The van der Waals surface area contributed by atoms with Crippen molar-refractivity contribution in [3.05, 3.63) is 22.9 Å². The molecular weight excluding hydrogens is 310 g/mol. The lowest BCUT2D eigenvalue weighted by Gasteiger charge is -2.41. The molecule has 0 radical (unpaired) electrons. The Morgan fingerprint density at radius 1 is 1.20 bits per heavy atom. The fourth-order valence-electron chi connectivity index (χ4n) is 5.18. The number of carbonyl (C=O) groups is 1. The summed E-state index contributed by atoms with van der Waals surface area (Å²) in [6.07, 6.45) is 11.5. The van der Waals surface area contributed by atoms with Crippen LogP contribution in [0.25, 0.3) is 0 Å². The first-order chi connectivity index (χ1) is 12.0. The molecule has 2 fully saturated rings. The first kappa shape index (κ1) is 18.2. The smallest absolute Gasteiger partial charge is 0.220 e. The van der Waals surface area contributed by atoms with Crippen LogP contribution in [0.2, 0.25) is 0 Å². The summed E-state index contributed by atoms with van der Waals surface area (Å²) in [4.78, 5) is 16.7. The molecule has 2 unspecified atom stereocenters. The number of nitrogens with two attached hydrogens (primary N) is 1. The Balaban J connectivity index is 1.48. The van der Waals surface area contributed by atoms with Crippen molar-refractivity contribution in [3.63, 3.8) is 0 Å². The average Bonchev–Trinajstić information content (AvgIpc) is 2.59. The number of nitrogens with one attached hydrogen (secondary N) is 1. The Morgan fingerprint density at radius 3 is 2.76 bits per heavy atom. The highest BCUT2D eigenvalue weighted by molar-refractivity contribution is 5.75. The maximum Gasteiger partial charge on any atom is 0.220 e. The SMILES string of the molecule is Cc1cc(N)nc(C)c1CNC(=O)CCC1CCCC2CCCC[C@H]21. The van der Waals surface area contributed by atoms with E-state index in [0.717, 1.165) is 41.0 Å². The molecule has 3 atom stereocenters. The molecule has 2 saturated carbocycles. The van der Waals surface area contributed by atoms with Crippen LogP contribution in [0.15, 0.2) is 6.07 Å². The molecule has 4 nitrogen and oxygen atoms in total. The van der Waals surface area contributed by atoms with E-state index in [-0.39, 0.29) is 5.91 Å². The number of aromatic nitrogens is 1. The van der Waals surface area contributed by atoms with Gasteiger partial charge in [-0.2, -0.15) is 0 Å². The highest BCUT2D eigenvalue weighted by Crippen LogP contribution is 2.45. The lowest BCUT2D eigenvalue weighted by atomic mass is 9.64. The zero-order valence-corrected chi connectivity index (χ0v) is 15.8. The van der Waals surface area contributed by atoms with E-state index in [1.807, 2.05) is 19.9 Å². The minimum absolute atomic E-state index is 0.175. The summed E-state index contributed by atoms with van der Waals surface area (Å²) in [5, 5.41) is 3.09. The molecule has 1 aromatic rings. The summed E-state index contributed by atoms with van der Waals surface area (Å²) in [6, 6.07) is 1.87. The van der Waals surface area contributed by atoms with Crippen LogP contribution in [0.5, 0.6) is 0 Å². The highest BCUT2D eigenvalue weighted by atomic mass is 16.1. The number of amides is 1. The maximum absolute atomic E-state index is 12.4. The van der Waals surface area contributed by atoms with Crippen LogP contribution in [0.4, 0.5) is 5.82 Å². The number of fused-ring (bicyclic) bond motifs is 1. The van der Waals surface area contributed by atoms with E-state index >= 15 is 0 Å². The van der Waals surface area contributed by atoms with Crippen LogP contribution in [0, 0.1) is 31.6 Å². The molecule has 0 saturated heterocycles. The topological polar surface area (TPSA) is 68.0 Å². The number of hydrogen-bond acceptors (Lipinski definition) is 3. The number of anilines is 1. The van der Waals surface area contributed by atoms with Crippen molar-refractivity contribution >= 4 is 11.7 Å².